The van der Waals surface area contributed by atoms with Crippen LogP contribution in [0, 0.1) is 17.1 Å². The molecule has 3 heteroatoms. The monoisotopic (exact) mass is 193 g/mol. The summed E-state index contributed by atoms with van der Waals surface area (Å²) in [6.45, 7) is 0. The molecule has 0 radical (unpaired) electrons. The molecule has 0 bridgehead atoms. The largest absolute Gasteiger partial charge is 0.242 e. The van der Waals surface area contributed by atoms with Gasteiger partial charge in [0, 0.05) is 0 Å². The van der Waals surface area contributed by atoms with Crippen LogP contribution in [0.3, 0.4) is 0 Å². The Labute approximate surface area is 81.0 Å². The minimum atomic E-state index is -1.11. The molecular formula is C11H9F2N. The zero-order valence-electron chi connectivity index (χ0n) is 7.56. The second-order valence-corrected chi connectivity index (χ2v) is 3.49. The Bertz CT molecular complexity index is 406. The van der Waals surface area contributed by atoms with Crippen molar-refractivity contribution in [2.24, 2.45) is 0 Å². The van der Waals surface area contributed by atoms with Crippen molar-refractivity contribution in [2.75, 3.05) is 0 Å². The molecule has 2 rings (SSSR count). The van der Waals surface area contributed by atoms with Gasteiger partial charge in [0.05, 0.1) is 11.6 Å². The number of benzene rings is 1. The smallest absolute Gasteiger partial charge is 0.126 e. The lowest BCUT2D eigenvalue weighted by molar-refractivity contribution is 0.301. The quantitative estimate of drug-likeness (QED) is 0.621. The Kier molecular flexibility index (Phi) is 2.20. The van der Waals surface area contributed by atoms with E-state index in [4.69, 9.17) is 5.26 Å². The highest BCUT2D eigenvalue weighted by molar-refractivity contribution is 5.45. The van der Waals surface area contributed by atoms with Crippen molar-refractivity contribution in [1.29, 1.82) is 5.26 Å². The van der Waals surface area contributed by atoms with Crippen LogP contribution in [0.1, 0.15) is 35.7 Å². The van der Waals surface area contributed by atoms with E-state index in [1.165, 1.54) is 12.1 Å². The molecule has 0 aromatic heterocycles. The van der Waals surface area contributed by atoms with Crippen LogP contribution in [0.2, 0.25) is 0 Å². The number of hydrogen-bond donors (Lipinski definition) is 0. The van der Waals surface area contributed by atoms with Gasteiger partial charge in [0.2, 0.25) is 0 Å². The molecule has 1 aromatic rings. The number of nitriles is 1. The third-order valence-electron chi connectivity index (χ3n) is 2.59. The highest BCUT2D eigenvalue weighted by atomic mass is 19.1. The maximum atomic E-state index is 13.4. The van der Waals surface area contributed by atoms with Crippen LogP contribution >= 0.6 is 0 Å². The lowest BCUT2D eigenvalue weighted by Crippen LogP contribution is -2.08. The molecule has 1 aromatic carbocycles. The first-order valence-electron chi connectivity index (χ1n) is 4.59. The Balaban J connectivity index is 2.62. The first kappa shape index (κ1) is 9.14. The van der Waals surface area contributed by atoms with E-state index in [2.05, 4.69) is 0 Å². The molecule has 0 heterocycles. The minimum Gasteiger partial charge on any atom is -0.242 e. The van der Waals surface area contributed by atoms with Gasteiger partial charge in [-0.15, -0.1) is 0 Å². The summed E-state index contributed by atoms with van der Waals surface area (Å²) in [7, 11) is 0. The fourth-order valence-electron chi connectivity index (χ4n) is 1.93. The molecule has 0 aliphatic heterocycles. The van der Waals surface area contributed by atoms with Crippen molar-refractivity contribution in [3.63, 3.8) is 0 Å². The molecule has 0 saturated carbocycles. The van der Waals surface area contributed by atoms with E-state index in [0.717, 1.165) is 6.42 Å². The first-order chi connectivity index (χ1) is 6.72. The van der Waals surface area contributed by atoms with Crippen LogP contribution in [0.4, 0.5) is 8.78 Å². The van der Waals surface area contributed by atoms with Crippen LogP contribution in [0.15, 0.2) is 12.1 Å². The van der Waals surface area contributed by atoms with Crippen molar-refractivity contribution in [3.05, 3.63) is 34.6 Å². The van der Waals surface area contributed by atoms with Crippen LogP contribution in [0.5, 0.6) is 0 Å². The van der Waals surface area contributed by atoms with Gasteiger partial charge >= 0.3 is 0 Å². The van der Waals surface area contributed by atoms with E-state index in [9.17, 15) is 8.78 Å². The Morgan fingerprint density at radius 1 is 1.43 bits per heavy atom. The van der Waals surface area contributed by atoms with Gasteiger partial charge in [0.25, 0.3) is 0 Å². The summed E-state index contributed by atoms with van der Waals surface area (Å²) in [5.74, 6) is -0.523. The molecule has 0 N–H and O–H groups in total. The van der Waals surface area contributed by atoms with E-state index in [1.54, 1.807) is 0 Å². The predicted molar refractivity (Wildman–Crippen MR) is 47.9 cm³/mol. The molecule has 1 unspecified atom stereocenters. The zero-order chi connectivity index (χ0) is 10.1. The van der Waals surface area contributed by atoms with Crippen molar-refractivity contribution >= 4 is 0 Å². The topological polar surface area (TPSA) is 23.8 Å². The number of fused-ring (bicyclic) bond motifs is 1. The summed E-state index contributed by atoms with van der Waals surface area (Å²) in [5.41, 5.74) is 1.34. The average Bonchev–Trinajstić information content (AvgIpc) is 2.18. The summed E-state index contributed by atoms with van der Waals surface area (Å²) in [6.07, 6.45) is 0.732. The van der Waals surface area contributed by atoms with Gasteiger partial charge in [-0.2, -0.15) is 5.26 Å². The summed E-state index contributed by atoms with van der Waals surface area (Å²) >= 11 is 0. The summed E-state index contributed by atoms with van der Waals surface area (Å²) in [6, 6.07) is 4.30. The lowest BCUT2D eigenvalue weighted by Gasteiger charge is -2.20. The number of rotatable bonds is 0. The van der Waals surface area contributed by atoms with E-state index in [-0.39, 0.29) is 5.56 Å². The fourth-order valence-corrected chi connectivity index (χ4v) is 1.93. The number of hydrogen-bond acceptors (Lipinski definition) is 1. The number of halogens is 2. The molecular weight excluding hydrogens is 184 g/mol. The highest BCUT2D eigenvalue weighted by Crippen LogP contribution is 2.34. The van der Waals surface area contributed by atoms with Crippen molar-refractivity contribution in [3.8, 4) is 6.07 Å². The minimum absolute atomic E-state index is 0.280. The highest BCUT2D eigenvalue weighted by Gasteiger charge is 2.22. The first-order valence-corrected chi connectivity index (χ1v) is 4.59. The van der Waals surface area contributed by atoms with Gasteiger partial charge in [-0.25, -0.2) is 8.78 Å². The maximum Gasteiger partial charge on any atom is 0.126 e. The molecule has 0 spiro atoms. The Morgan fingerprint density at radius 2 is 2.21 bits per heavy atom. The normalized spacial score (nSPS) is 19.9. The Morgan fingerprint density at radius 3 is 2.93 bits per heavy atom. The van der Waals surface area contributed by atoms with Crippen LogP contribution < -0.4 is 0 Å². The second-order valence-electron chi connectivity index (χ2n) is 3.49. The summed E-state index contributed by atoms with van der Waals surface area (Å²) < 4.78 is 26.4. The van der Waals surface area contributed by atoms with E-state index < -0.39 is 12.0 Å². The predicted octanol–water partition coefficient (Wildman–Crippen LogP) is 3.04. The van der Waals surface area contributed by atoms with Crippen molar-refractivity contribution in [1.82, 2.24) is 0 Å². The summed E-state index contributed by atoms with van der Waals surface area (Å²) in [5, 5.41) is 8.77. The fraction of sp³-hybridized carbons (Fsp3) is 0.364. The molecule has 0 amide bonds. The SMILES string of the molecule is N#Cc1cc(F)cc2c1CCCC2F. The van der Waals surface area contributed by atoms with Gasteiger partial charge < -0.3 is 0 Å². The number of alkyl halides is 1. The zero-order valence-corrected chi connectivity index (χ0v) is 7.56. The van der Waals surface area contributed by atoms with Crippen molar-refractivity contribution in [2.45, 2.75) is 25.4 Å². The van der Waals surface area contributed by atoms with E-state index in [0.29, 0.717) is 24.0 Å². The lowest BCUT2D eigenvalue weighted by atomic mass is 9.87. The average molecular weight is 193 g/mol. The second kappa shape index (κ2) is 3.38. The number of nitrogens with zero attached hydrogens (tertiary/aromatic N) is 1. The van der Waals surface area contributed by atoms with Crippen LogP contribution in [-0.2, 0) is 6.42 Å². The molecule has 1 aliphatic rings. The van der Waals surface area contributed by atoms with Gasteiger partial charge in [-0.05, 0) is 42.5 Å². The molecule has 0 saturated heterocycles. The third-order valence-corrected chi connectivity index (χ3v) is 2.59. The third kappa shape index (κ3) is 1.37. The van der Waals surface area contributed by atoms with Gasteiger partial charge in [-0.3, -0.25) is 0 Å². The standard InChI is InChI=1S/C11H9F2N/c12-8-4-7(6-14)9-2-1-3-11(13)10(9)5-8/h4-5,11H,1-3H2. The van der Waals surface area contributed by atoms with Gasteiger partial charge in [-0.1, -0.05) is 0 Å². The molecule has 1 nitrogen and oxygen atoms in total. The molecule has 1 aliphatic carbocycles. The van der Waals surface area contributed by atoms with Crippen LogP contribution in [-0.4, -0.2) is 0 Å². The maximum absolute atomic E-state index is 13.4. The summed E-state index contributed by atoms with van der Waals surface area (Å²) in [4.78, 5) is 0. The van der Waals surface area contributed by atoms with E-state index >= 15 is 0 Å². The Hall–Kier alpha value is -1.43. The van der Waals surface area contributed by atoms with Crippen LogP contribution in [0.25, 0.3) is 0 Å². The molecule has 1 atom stereocenters. The van der Waals surface area contributed by atoms with Crippen molar-refractivity contribution < 1.29 is 8.78 Å². The molecule has 14 heavy (non-hydrogen) atoms. The van der Waals surface area contributed by atoms with Gasteiger partial charge in [0.1, 0.15) is 12.0 Å². The molecule has 72 valence electrons. The van der Waals surface area contributed by atoms with Gasteiger partial charge in [0.15, 0.2) is 0 Å². The van der Waals surface area contributed by atoms with E-state index in [1.807, 2.05) is 6.07 Å². The molecule has 0 fully saturated rings.